The van der Waals surface area contributed by atoms with Gasteiger partial charge in [-0.05, 0) is 32.1 Å². The number of carbonyl (C=O) groups is 1. The molecule has 0 aromatic heterocycles. The van der Waals surface area contributed by atoms with E-state index in [2.05, 4.69) is 22.2 Å². The third-order valence-electron chi connectivity index (χ3n) is 4.67. The van der Waals surface area contributed by atoms with E-state index < -0.39 is 0 Å². The molecule has 0 aliphatic carbocycles. The van der Waals surface area contributed by atoms with Crippen molar-refractivity contribution in [2.24, 2.45) is 0 Å². The minimum absolute atomic E-state index is 0.0230. The second kappa shape index (κ2) is 7.19. The van der Waals surface area contributed by atoms with Gasteiger partial charge < -0.3 is 25.6 Å². The first-order valence-electron chi connectivity index (χ1n) is 8.38. The second-order valence-electron chi connectivity index (χ2n) is 6.36. The lowest BCUT2D eigenvalue weighted by Gasteiger charge is -2.32. The van der Waals surface area contributed by atoms with Crippen LogP contribution in [0.5, 0.6) is 5.75 Å². The number of amides is 1. The summed E-state index contributed by atoms with van der Waals surface area (Å²) in [5.74, 6) is 0.667. The van der Waals surface area contributed by atoms with Crippen molar-refractivity contribution in [1.82, 2.24) is 15.1 Å². The van der Waals surface area contributed by atoms with E-state index in [1.807, 2.05) is 0 Å². The van der Waals surface area contributed by atoms with Crippen molar-refractivity contribution in [3.8, 4) is 5.75 Å². The Balaban J connectivity index is 1.46. The van der Waals surface area contributed by atoms with Crippen molar-refractivity contribution >= 4 is 11.6 Å². The summed E-state index contributed by atoms with van der Waals surface area (Å²) < 4.78 is 5.52. The van der Waals surface area contributed by atoms with Crippen LogP contribution in [0.15, 0.2) is 12.1 Å². The fourth-order valence-electron chi connectivity index (χ4n) is 3.20. The first-order chi connectivity index (χ1) is 11.1. The van der Waals surface area contributed by atoms with Crippen molar-refractivity contribution in [3.63, 3.8) is 0 Å². The number of likely N-dealkylation sites (N-methyl/N-ethyl adjacent to an activating group) is 1. The summed E-state index contributed by atoms with van der Waals surface area (Å²) in [5.41, 5.74) is 8.15. The van der Waals surface area contributed by atoms with Crippen molar-refractivity contribution < 1.29 is 9.53 Å². The Morgan fingerprint density at radius 1 is 1.30 bits per heavy atom. The molecule has 6 heteroatoms. The zero-order valence-corrected chi connectivity index (χ0v) is 13.8. The van der Waals surface area contributed by atoms with E-state index in [1.54, 1.807) is 12.1 Å². The summed E-state index contributed by atoms with van der Waals surface area (Å²) in [6.45, 7) is 6.84. The molecule has 1 aromatic rings. The molecule has 0 atom stereocenters. The number of nitrogen functional groups attached to an aromatic ring is 1. The van der Waals surface area contributed by atoms with Gasteiger partial charge in [-0.25, -0.2) is 0 Å². The number of nitrogens with zero attached hydrogens (tertiary/aromatic N) is 2. The number of anilines is 1. The number of nitrogens with two attached hydrogens (primary N) is 1. The molecule has 6 nitrogen and oxygen atoms in total. The van der Waals surface area contributed by atoms with Gasteiger partial charge in [-0.1, -0.05) is 0 Å². The summed E-state index contributed by atoms with van der Waals surface area (Å²) in [6, 6.07) is 3.56. The molecular weight excluding hydrogens is 292 g/mol. The Bertz CT molecular complexity index is 568. The van der Waals surface area contributed by atoms with Gasteiger partial charge in [0.15, 0.2) is 0 Å². The largest absolute Gasteiger partial charge is 0.491 e. The van der Waals surface area contributed by atoms with Gasteiger partial charge in [-0.2, -0.15) is 0 Å². The second-order valence-corrected chi connectivity index (χ2v) is 6.36. The van der Waals surface area contributed by atoms with E-state index >= 15 is 0 Å². The number of benzene rings is 1. The van der Waals surface area contributed by atoms with Gasteiger partial charge in [0, 0.05) is 50.3 Å². The average Bonchev–Trinajstić information content (AvgIpc) is 3.04. The first kappa shape index (κ1) is 16.1. The van der Waals surface area contributed by atoms with Gasteiger partial charge in [-0.15, -0.1) is 0 Å². The van der Waals surface area contributed by atoms with E-state index in [1.165, 1.54) is 0 Å². The number of hydrogen-bond donors (Lipinski definition) is 2. The van der Waals surface area contributed by atoms with Crippen LogP contribution in [-0.4, -0.2) is 68.6 Å². The highest BCUT2D eigenvalue weighted by Gasteiger charge is 2.22. The standard InChI is InChI=1S/C17H26N4O2/c1-20-8-10-21(11-9-20)7-2-6-19-17(22)14-3-4-15(18)16-13(14)5-12-23-16/h3-4H,2,5-12,18H2,1H3,(H,19,22). The molecule has 2 heterocycles. The Hall–Kier alpha value is -1.79. The number of hydrogen-bond acceptors (Lipinski definition) is 5. The Morgan fingerprint density at radius 3 is 2.87 bits per heavy atom. The number of carbonyl (C=O) groups excluding carboxylic acids is 1. The zero-order valence-electron chi connectivity index (χ0n) is 13.8. The van der Waals surface area contributed by atoms with E-state index in [0.717, 1.165) is 51.1 Å². The van der Waals surface area contributed by atoms with Crippen LogP contribution in [0.25, 0.3) is 0 Å². The van der Waals surface area contributed by atoms with E-state index in [4.69, 9.17) is 10.5 Å². The SMILES string of the molecule is CN1CCN(CCCNC(=O)c2ccc(N)c3c2CCO3)CC1. The van der Waals surface area contributed by atoms with Crippen LogP contribution in [0, 0.1) is 0 Å². The molecule has 0 radical (unpaired) electrons. The van der Waals surface area contributed by atoms with Crippen LogP contribution < -0.4 is 15.8 Å². The van der Waals surface area contributed by atoms with Crippen LogP contribution in [0.2, 0.25) is 0 Å². The molecule has 1 amide bonds. The number of nitrogens with one attached hydrogen (secondary N) is 1. The van der Waals surface area contributed by atoms with Crippen molar-refractivity contribution in [1.29, 1.82) is 0 Å². The van der Waals surface area contributed by atoms with Gasteiger partial charge in [0.25, 0.3) is 5.91 Å². The summed E-state index contributed by atoms with van der Waals surface area (Å²) in [7, 11) is 2.16. The topological polar surface area (TPSA) is 70.8 Å². The molecule has 0 unspecified atom stereocenters. The van der Waals surface area contributed by atoms with Gasteiger partial charge in [0.2, 0.25) is 0 Å². The van der Waals surface area contributed by atoms with Gasteiger partial charge >= 0.3 is 0 Å². The highest BCUT2D eigenvalue weighted by atomic mass is 16.5. The minimum Gasteiger partial charge on any atom is -0.491 e. The maximum absolute atomic E-state index is 12.4. The molecule has 3 rings (SSSR count). The average molecular weight is 318 g/mol. The summed E-state index contributed by atoms with van der Waals surface area (Å²) >= 11 is 0. The monoisotopic (exact) mass is 318 g/mol. The Morgan fingerprint density at radius 2 is 2.09 bits per heavy atom. The highest BCUT2D eigenvalue weighted by Crippen LogP contribution is 2.34. The Labute approximate surface area is 137 Å². The molecule has 1 saturated heterocycles. The molecule has 0 spiro atoms. The third-order valence-corrected chi connectivity index (χ3v) is 4.67. The normalized spacial score (nSPS) is 18.5. The number of rotatable bonds is 5. The Kier molecular flexibility index (Phi) is 5.03. The van der Waals surface area contributed by atoms with E-state index in [-0.39, 0.29) is 5.91 Å². The summed E-state index contributed by atoms with van der Waals surface area (Å²) in [4.78, 5) is 17.2. The number of fused-ring (bicyclic) bond motifs is 1. The van der Waals surface area contributed by atoms with Gasteiger partial charge in [-0.3, -0.25) is 4.79 Å². The molecule has 2 aliphatic heterocycles. The van der Waals surface area contributed by atoms with Crippen molar-refractivity contribution in [2.75, 3.05) is 58.7 Å². The molecular formula is C17H26N4O2. The smallest absolute Gasteiger partial charge is 0.251 e. The van der Waals surface area contributed by atoms with Gasteiger partial charge in [0.05, 0.1) is 12.3 Å². The first-order valence-corrected chi connectivity index (χ1v) is 8.38. The fraction of sp³-hybridized carbons (Fsp3) is 0.588. The minimum atomic E-state index is -0.0230. The predicted molar refractivity (Wildman–Crippen MR) is 90.9 cm³/mol. The van der Waals surface area contributed by atoms with Crippen LogP contribution in [0.4, 0.5) is 5.69 Å². The number of piperazine rings is 1. The van der Waals surface area contributed by atoms with Crippen LogP contribution >= 0.6 is 0 Å². The lowest BCUT2D eigenvalue weighted by molar-refractivity contribution is 0.0948. The lowest BCUT2D eigenvalue weighted by Crippen LogP contribution is -2.45. The zero-order chi connectivity index (χ0) is 16.2. The quantitative estimate of drug-likeness (QED) is 0.613. The number of ether oxygens (including phenoxy) is 1. The lowest BCUT2D eigenvalue weighted by atomic mass is 10.0. The van der Waals surface area contributed by atoms with Crippen LogP contribution in [0.1, 0.15) is 22.3 Å². The molecule has 1 aromatic carbocycles. The molecule has 0 bridgehead atoms. The molecule has 0 saturated carbocycles. The molecule has 2 aliphatic rings. The van der Waals surface area contributed by atoms with Gasteiger partial charge in [0.1, 0.15) is 5.75 Å². The van der Waals surface area contributed by atoms with Crippen LogP contribution in [0.3, 0.4) is 0 Å². The summed E-state index contributed by atoms with van der Waals surface area (Å²) in [5, 5.41) is 3.02. The highest BCUT2D eigenvalue weighted by molar-refractivity contribution is 5.97. The fourth-order valence-corrected chi connectivity index (χ4v) is 3.20. The molecule has 126 valence electrons. The van der Waals surface area contributed by atoms with E-state index in [9.17, 15) is 4.79 Å². The maximum atomic E-state index is 12.4. The van der Waals surface area contributed by atoms with Crippen molar-refractivity contribution in [3.05, 3.63) is 23.3 Å². The van der Waals surface area contributed by atoms with Crippen LogP contribution in [-0.2, 0) is 6.42 Å². The molecule has 3 N–H and O–H groups in total. The van der Waals surface area contributed by atoms with Crippen molar-refractivity contribution in [2.45, 2.75) is 12.8 Å². The molecule has 23 heavy (non-hydrogen) atoms. The maximum Gasteiger partial charge on any atom is 0.251 e. The summed E-state index contributed by atoms with van der Waals surface area (Å²) in [6.07, 6.45) is 1.73. The predicted octanol–water partition coefficient (Wildman–Crippen LogP) is 0.571. The molecule has 1 fully saturated rings. The third kappa shape index (κ3) is 3.76. The van der Waals surface area contributed by atoms with E-state index in [0.29, 0.717) is 30.2 Å².